The number of para-hydroxylation sites is 2. The molecule has 0 aliphatic carbocycles. The zero-order valence-corrected chi connectivity index (χ0v) is 13.5. The van der Waals surface area contributed by atoms with Crippen LogP contribution < -0.4 is 5.01 Å². The SMILES string of the molecule is Brc1ccc(C=NN(c2ccccc2)c2ccccc2)cc1. The molecule has 0 aromatic heterocycles. The monoisotopic (exact) mass is 350 g/mol. The van der Waals surface area contributed by atoms with Gasteiger partial charge in [0.15, 0.2) is 0 Å². The topological polar surface area (TPSA) is 15.6 Å². The van der Waals surface area contributed by atoms with Crippen LogP contribution in [-0.2, 0) is 0 Å². The minimum atomic E-state index is 1.03. The molecule has 0 spiro atoms. The molecule has 2 nitrogen and oxygen atoms in total. The molecule has 0 heterocycles. The van der Waals surface area contributed by atoms with Gasteiger partial charge in [-0.25, -0.2) is 5.01 Å². The van der Waals surface area contributed by atoms with Gasteiger partial charge in [-0.15, -0.1) is 0 Å². The van der Waals surface area contributed by atoms with E-state index in [0.717, 1.165) is 21.4 Å². The zero-order valence-electron chi connectivity index (χ0n) is 11.9. The molecule has 3 rings (SSSR count). The summed E-state index contributed by atoms with van der Waals surface area (Å²) >= 11 is 3.44. The van der Waals surface area contributed by atoms with Crippen LogP contribution in [0.3, 0.4) is 0 Å². The highest BCUT2D eigenvalue weighted by atomic mass is 79.9. The highest BCUT2D eigenvalue weighted by Crippen LogP contribution is 2.25. The summed E-state index contributed by atoms with van der Waals surface area (Å²) in [5, 5.41) is 6.59. The third kappa shape index (κ3) is 3.62. The fourth-order valence-electron chi connectivity index (χ4n) is 2.09. The van der Waals surface area contributed by atoms with Crippen molar-refractivity contribution in [3.8, 4) is 0 Å². The molecule has 0 saturated carbocycles. The van der Waals surface area contributed by atoms with Gasteiger partial charge < -0.3 is 0 Å². The van der Waals surface area contributed by atoms with E-state index in [1.807, 2.05) is 96.2 Å². The molecule has 0 radical (unpaired) electrons. The Morgan fingerprint density at radius 3 is 1.68 bits per heavy atom. The molecule has 0 amide bonds. The number of hydrogen-bond donors (Lipinski definition) is 0. The Morgan fingerprint density at radius 1 is 0.682 bits per heavy atom. The lowest BCUT2D eigenvalue weighted by Crippen LogP contribution is -2.09. The third-order valence-electron chi connectivity index (χ3n) is 3.19. The van der Waals surface area contributed by atoms with E-state index in [-0.39, 0.29) is 0 Å². The molecule has 0 aliphatic heterocycles. The molecule has 0 atom stereocenters. The van der Waals surface area contributed by atoms with Crippen LogP contribution in [0.15, 0.2) is 94.5 Å². The fourth-order valence-corrected chi connectivity index (χ4v) is 2.36. The predicted octanol–water partition coefficient (Wildman–Crippen LogP) is 5.62. The Bertz CT molecular complexity index is 698. The summed E-state index contributed by atoms with van der Waals surface area (Å²) in [6, 6.07) is 28.3. The highest BCUT2D eigenvalue weighted by molar-refractivity contribution is 9.10. The van der Waals surface area contributed by atoms with Gasteiger partial charge in [-0.05, 0) is 42.0 Å². The lowest BCUT2D eigenvalue weighted by Gasteiger charge is -2.19. The Morgan fingerprint density at radius 2 is 1.18 bits per heavy atom. The van der Waals surface area contributed by atoms with Crippen molar-refractivity contribution in [2.24, 2.45) is 5.10 Å². The Hall–Kier alpha value is -2.39. The Kier molecular flexibility index (Phi) is 4.66. The van der Waals surface area contributed by atoms with Gasteiger partial charge in [-0.2, -0.15) is 5.10 Å². The molecule has 3 aromatic rings. The van der Waals surface area contributed by atoms with Gasteiger partial charge in [0.1, 0.15) is 0 Å². The molecular weight excluding hydrogens is 336 g/mol. The van der Waals surface area contributed by atoms with E-state index in [1.165, 1.54) is 0 Å². The van der Waals surface area contributed by atoms with Crippen molar-refractivity contribution in [2.45, 2.75) is 0 Å². The smallest absolute Gasteiger partial charge is 0.0652 e. The minimum absolute atomic E-state index is 1.03. The summed E-state index contributed by atoms with van der Waals surface area (Å²) in [5.74, 6) is 0. The van der Waals surface area contributed by atoms with Crippen molar-refractivity contribution in [1.82, 2.24) is 0 Å². The first kappa shape index (κ1) is 14.5. The maximum Gasteiger partial charge on any atom is 0.0652 e. The van der Waals surface area contributed by atoms with Crippen molar-refractivity contribution in [3.63, 3.8) is 0 Å². The average Bonchev–Trinajstić information content (AvgIpc) is 2.59. The lowest BCUT2D eigenvalue weighted by atomic mass is 10.2. The molecule has 0 fully saturated rings. The first-order valence-corrected chi connectivity index (χ1v) is 7.82. The number of hydrogen-bond acceptors (Lipinski definition) is 2. The third-order valence-corrected chi connectivity index (χ3v) is 3.72. The normalized spacial score (nSPS) is 10.8. The van der Waals surface area contributed by atoms with Crippen molar-refractivity contribution in [2.75, 3.05) is 5.01 Å². The molecule has 22 heavy (non-hydrogen) atoms. The van der Waals surface area contributed by atoms with Gasteiger partial charge >= 0.3 is 0 Å². The number of rotatable bonds is 4. The van der Waals surface area contributed by atoms with Crippen LogP contribution >= 0.6 is 15.9 Å². The van der Waals surface area contributed by atoms with Crippen LogP contribution in [0.25, 0.3) is 0 Å². The summed E-state index contributed by atoms with van der Waals surface area (Å²) in [5.41, 5.74) is 3.11. The molecule has 3 aromatic carbocycles. The number of anilines is 2. The van der Waals surface area contributed by atoms with Crippen molar-refractivity contribution < 1.29 is 0 Å². The van der Waals surface area contributed by atoms with E-state index in [9.17, 15) is 0 Å². The first-order valence-electron chi connectivity index (χ1n) is 7.03. The van der Waals surface area contributed by atoms with Gasteiger partial charge in [0, 0.05) is 4.47 Å². The molecule has 0 aliphatic rings. The largest absolute Gasteiger partial charge is 0.234 e. The highest BCUT2D eigenvalue weighted by Gasteiger charge is 2.06. The van der Waals surface area contributed by atoms with Crippen LogP contribution in [0.4, 0.5) is 11.4 Å². The Labute approximate surface area is 138 Å². The molecule has 0 saturated heterocycles. The van der Waals surface area contributed by atoms with Crippen LogP contribution in [0.1, 0.15) is 5.56 Å². The van der Waals surface area contributed by atoms with Gasteiger partial charge in [-0.3, -0.25) is 0 Å². The maximum absolute atomic E-state index is 4.66. The lowest BCUT2D eigenvalue weighted by molar-refractivity contribution is 1.09. The Balaban J connectivity index is 1.94. The van der Waals surface area contributed by atoms with E-state index in [2.05, 4.69) is 21.0 Å². The van der Waals surface area contributed by atoms with E-state index >= 15 is 0 Å². The summed E-state index contributed by atoms with van der Waals surface area (Å²) in [6.07, 6.45) is 1.87. The van der Waals surface area contributed by atoms with Gasteiger partial charge in [0.05, 0.1) is 17.6 Å². The number of halogens is 1. The number of benzene rings is 3. The number of hydrazone groups is 1. The second-order valence-corrected chi connectivity index (χ2v) is 5.69. The second kappa shape index (κ2) is 7.05. The van der Waals surface area contributed by atoms with Gasteiger partial charge in [0.2, 0.25) is 0 Å². The van der Waals surface area contributed by atoms with E-state index in [1.54, 1.807) is 0 Å². The molecule has 0 N–H and O–H groups in total. The van der Waals surface area contributed by atoms with Crippen molar-refractivity contribution in [3.05, 3.63) is 95.0 Å². The standard InChI is InChI=1S/C19H15BrN2/c20-17-13-11-16(12-14-17)15-21-22(18-7-3-1-4-8-18)19-9-5-2-6-10-19/h1-15H. The minimum Gasteiger partial charge on any atom is -0.234 e. The fraction of sp³-hybridized carbons (Fsp3) is 0. The quantitative estimate of drug-likeness (QED) is 0.440. The van der Waals surface area contributed by atoms with E-state index in [4.69, 9.17) is 0 Å². The molecule has 108 valence electrons. The van der Waals surface area contributed by atoms with Crippen LogP contribution in [0.2, 0.25) is 0 Å². The van der Waals surface area contributed by atoms with Crippen LogP contribution in [0.5, 0.6) is 0 Å². The number of nitrogens with zero attached hydrogens (tertiary/aromatic N) is 2. The maximum atomic E-state index is 4.66. The summed E-state index contributed by atoms with van der Waals surface area (Å²) < 4.78 is 1.06. The van der Waals surface area contributed by atoms with Gasteiger partial charge in [0.25, 0.3) is 0 Å². The summed E-state index contributed by atoms with van der Waals surface area (Å²) in [6.45, 7) is 0. The summed E-state index contributed by atoms with van der Waals surface area (Å²) in [4.78, 5) is 0. The van der Waals surface area contributed by atoms with Crippen LogP contribution in [0, 0.1) is 0 Å². The van der Waals surface area contributed by atoms with E-state index < -0.39 is 0 Å². The van der Waals surface area contributed by atoms with E-state index in [0.29, 0.717) is 0 Å². The summed E-state index contributed by atoms with van der Waals surface area (Å²) in [7, 11) is 0. The van der Waals surface area contributed by atoms with Crippen LogP contribution in [-0.4, -0.2) is 6.21 Å². The zero-order chi connectivity index (χ0) is 15.2. The molecular formula is C19H15BrN2. The molecule has 0 bridgehead atoms. The van der Waals surface area contributed by atoms with Gasteiger partial charge in [-0.1, -0.05) is 64.5 Å². The predicted molar refractivity (Wildman–Crippen MR) is 96.8 cm³/mol. The second-order valence-electron chi connectivity index (χ2n) is 4.78. The first-order chi connectivity index (χ1) is 10.8. The van der Waals surface area contributed by atoms with Crippen molar-refractivity contribution in [1.29, 1.82) is 0 Å². The average molecular weight is 351 g/mol. The van der Waals surface area contributed by atoms with Crippen molar-refractivity contribution >= 4 is 33.5 Å². The molecule has 0 unspecified atom stereocenters. The molecule has 3 heteroatoms.